The van der Waals surface area contributed by atoms with E-state index in [9.17, 15) is 0 Å². The number of rotatable bonds is 9. The van der Waals surface area contributed by atoms with Gasteiger partial charge < -0.3 is 4.57 Å². The molecule has 13 rings (SSSR count). The van der Waals surface area contributed by atoms with Gasteiger partial charge in [0.1, 0.15) is 0 Å². The van der Waals surface area contributed by atoms with Crippen LogP contribution in [0.3, 0.4) is 0 Å². The van der Waals surface area contributed by atoms with E-state index in [1.807, 2.05) is 0 Å². The molecule has 332 valence electrons. The predicted molar refractivity (Wildman–Crippen MR) is 297 cm³/mol. The minimum absolute atomic E-state index is 0.669. The standard InChI is InChI=1S/C68H45N3/c1-2-16-46(17-3-1)50-20-10-22-52(40-50)53-23-11-21-51(41-53)47-36-38-49(39-37-47)64-45-65(57-27-13-26-56(43-57)61-33-15-19-48-18-4-5-30-60(48)61)70-68(69-64)58-28-12-24-54(42-58)55-25-14-29-59(44-55)71-66-34-8-6-31-62(66)63-32-7-9-35-67(63)71/h1-45H. The summed E-state index contributed by atoms with van der Waals surface area (Å²) in [6.45, 7) is 0. The number of aromatic nitrogens is 3. The quantitative estimate of drug-likeness (QED) is 0.144. The lowest BCUT2D eigenvalue weighted by Gasteiger charge is -2.13. The fraction of sp³-hybridized carbons (Fsp3) is 0. The van der Waals surface area contributed by atoms with E-state index in [0.717, 1.165) is 61.6 Å². The minimum atomic E-state index is 0.669. The SMILES string of the molecule is c1ccc(-c2cccc(-c3cccc(-c4ccc(-c5cc(-c6cccc(-c7cccc8ccccc78)c6)nc(-c6cccc(-c7cccc(-n8c9ccccc9c9ccccc98)c7)c6)n5)cc4)c3)c2)cc1. The zero-order valence-corrected chi connectivity index (χ0v) is 38.8. The Hall–Kier alpha value is -9.44. The van der Waals surface area contributed by atoms with Crippen molar-refractivity contribution in [2.75, 3.05) is 0 Å². The van der Waals surface area contributed by atoms with Crippen molar-refractivity contribution in [3.63, 3.8) is 0 Å². The van der Waals surface area contributed by atoms with Crippen LogP contribution < -0.4 is 0 Å². The van der Waals surface area contributed by atoms with Crippen LogP contribution in [-0.2, 0) is 0 Å². The summed E-state index contributed by atoms with van der Waals surface area (Å²) in [5.74, 6) is 0.669. The summed E-state index contributed by atoms with van der Waals surface area (Å²) in [5, 5.41) is 4.93. The highest BCUT2D eigenvalue weighted by atomic mass is 15.0. The van der Waals surface area contributed by atoms with Crippen molar-refractivity contribution >= 4 is 32.6 Å². The number of para-hydroxylation sites is 2. The maximum Gasteiger partial charge on any atom is 0.160 e. The molecule has 11 aromatic carbocycles. The van der Waals surface area contributed by atoms with Gasteiger partial charge in [-0.25, -0.2) is 9.97 Å². The highest BCUT2D eigenvalue weighted by Crippen LogP contribution is 2.37. The second-order valence-corrected chi connectivity index (χ2v) is 18.2. The van der Waals surface area contributed by atoms with E-state index in [2.05, 4.69) is 278 Å². The summed E-state index contributed by atoms with van der Waals surface area (Å²) in [7, 11) is 0. The van der Waals surface area contributed by atoms with E-state index < -0.39 is 0 Å². The molecule has 3 heteroatoms. The van der Waals surface area contributed by atoms with Gasteiger partial charge in [0, 0.05) is 33.2 Å². The van der Waals surface area contributed by atoms with Crippen LogP contribution in [0, 0.1) is 0 Å². The fourth-order valence-electron chi connectivity index (χ4n) is 10.3. The number of fused-ring (bicyclic) bond motifs is 4. The predicted octanol–water partition coefficient (Wildman–Crippen LogP) is 18.1. The van der Waals surface area contributed by atoms with E-state index in [1.54, 1.807) is 0 Å². The highest BCUT2D eigenvalue weighted by molar-refractivity contribution is 6.09. The Morgan fingerprint density at radius 3 is 1.31 bits per heavy atom. The van der Waals surface area contributed by atoms with Crippen LogP contribution in [0.15, 0.2) is 273 Å². The van der Waals surface area contributed by atoms with Gasteiger partial charge in [0.25, 0.3) is 0 Å². The molecule has 0 fully saturated rings. The zero-order chi connectivity index (χ0) is 47.1. The summed E-state index contributed by atoms with van der Waals surface area (Å²) in [6, 6.07) is 97.8. The van der Waals surface area contributed by atoms with Crippen LogP contribution in [0.2, 0.25) is 0 Å². The molecule has 0 aliphatic carbocycles. The van der Waals surface area contributed by atoms with Gasteiger partial charge in [-0.1, -0.05) is 218 Å². The molecule has 0 N–H and O–H groups in total. The Morgan fingerprint density at radius 1 is 0.239 bits per heavy atom. The minimum Gasteiger partial charge on any atom is -0.309 e. The lowest BCUT2D eigenvalue weighted by molar-refractivity contribution is 1.18. The molecule has 13 aromatic rings. The third-order valence-electron chi connectivity index (χ3n) is 13.8. The first-order valence-corrected chi connectivity index (χ1v) is 24.2. The third-order valence-corrected chi connectivity index (χ3v) is 13.8. The summed E-state index contributed by atoms with van der Waals surface area (Å²) in [5.41, 5.74) is 19.8. The highest BCUT2D eigenvalue weighted by Gasteiger charge is 2.16. The Bertz CT molecular complexity index is 4050. The van der Waals surface area contributed by atoms with Crippen molar-refractivity contribution in [2.45, 2.75) is 0 Å². The van der Waals surface area contributed by atoms with Crippen molar-refractivity contribution in [2.24, 2.45) is 0 Å². The summed E-state index contributed by atoms with van der Waals surface area (Å²) in [4.78, 5) is 10.7. The van der Waals surface area contributed by atoms with Gasteiger partial charge in [-0.05, 0) is 121 Å². The van der Waals surface area contributed by atoms with Gasteiger partial charge in [-0.15, -0.1) is 0 Å². The summed E-state index contributed by atoms with van der Waals surface area (Å²) in [6.07, 6.45) is 0. The first kappa shape index (κ1) is 41.7. The molecule has 0 atom stereocenters. The van der Waals surface area contributed by atoms with Crippen molar-refractivity contribution in [3.8, 4) is 95.2 Å². The average Bonchev–Trinajstić information content (AvgIpc) is 3.80. The molecular weight excluding hydrogens is 859 g/mol. The molecule has 0 saturated carbocycles. The second kappa shape index (κ2) is 17.9. The topological polar surface area (TPSA) is 30.7 Å². The first-order chi connectivity index (χ1) is 35.2. The van der Waals surface area contributed by atoms with E-state index in [1.165, 1.54) is 60.4 Å². The van der Waals surface area contributed by atoms with Crippen LogP contribution in [0.1, 0.15) is 0 Å². The van der Waals surface area contributed by atoms with Crippen LogP contribution in [0.4, 0.5) is 0 Å². The zero-order valence-electron chi connectivity index (χ0n) is 38.8. The van der Waals surface area contributed by atoms with Crippen molar-refractivity contribution in [1.29, 1.82) is 0 Å². The Morgan fingerprint density at radius 2 is 0.648 bits per heavy atom. The summed E-state index contributed by atoms with van der Waals surface area (Å²) >= 11 is 0. The second-order valence-electron chi connectivity index (χ2n) is 18.2. The molecule has 0 aliphatic heterocycles. The van der Waals surface area contributed by atoms with Crippen LogP contribution >= 0.6 is 0 Å². The van der Waals surface area contributed by atoms with Crippen molar-refractivity contribution in [1.82, 2.24) is 14.5 Å². The maximum absolute atomic E-state index is 5.37. The number of nitrogens with zero attached hydrogens (tertiary/aromatic N) is 3. The van der Waals surface area contributed by atoms with Gasteiger partial charge in [0.05, 0.1) is 22.4 Å². The molecule has 71 heavy (non-hydrogen) atoms. The van der Waals surface area contributed by atoms with Gasteiger partial charge in [-0.2, -0.15) is 0 Å². The molecule has 0 aliphatic rings. The van der Waals surface area contributed by atoms with Crippen molar-refractivity contribution in [3.05, 3.63) is 273 Å². The molecule has 0 unspecified atom stereocenters. The van der Waals surface area contributed by atoms with E-state index in [4.69, 9.17) is 9.97 Å². The molecule has 0 amide bonds. The lowest BCUT2D eigenvalue weighted by atomic mass is 9.95. The molecule has 3 nitrogen and oxygen atoms in total. The van der Waals surface area contributed by atoms with Gasteiger partial charge in [0.2, 0.25) is 0 Å². The number of hydrogen-bond acceptors (Lipinski definition) is 2. The van der Waals surface area contributed by atoms with E-state index >= 15 is 0 Å². The number of benzene rings is 11. The molecule has 0 bridgehead atoms. The molecule has 2 aromatic heterocycles. The summed E-state index contributed by atoms with van der Waals surface area (Å²) < 4.78 is 2.37. The van der Waals surface area contributed by atoms with Crippen LogP contribution in [-0.4, -0.2) is 14.5 Å². The van der Waals surface area contributed by atoms with Crippen molar-refractivity contribution < 1.29 is 0 Å². The van der Waals surface area contributed by atoms with Gasteiger partial charge in [-0.3, -0.25) is 0 Å². The normalized spacial score (nSPS) is 11.4. The van der Waals surface area contributed by atoms with E-state index in [0.29, 0.717) is 5.82 Å². The number of hydrogen-bond donors (Lipinski definition) is 0. The molecule has 2 heterocycles. The fourth-order valence-corrected chi connectivity index (χ4v) is 10.3. The largest absolute Gasteiger partial charge is 0.309 e. The third kappa shape index (κ3) is 7.96. The smallest absolute Gasteiger partial charge is 0.160 e. The van der Waals surface area contributed by atoms with Crippen LogP contribution in [0.5, 0.6) is 0 Å². The molecule has 0 saturated heterocycles. The lowest BCUT2D eigenvalue weighted by Crippen LogP contribution is -1.97. The molecule has 0 spiro atoms. The monoisotopic (exact) mass is 903 g/mol. The maximum atomic E-state index is 5.37. The molecular formula is C68H45N3. The Kier molecular flexibility index (Phi) is 10.5. The van der Waals surface area contributed by atoms with Gasteiger partial charge >= 0.3 is 0 Å². The van der Waals surface area contributed by atoms with Gasteiger partial charge in [0.15, 0.2) is 5.82 Å². The van der Waals surface area contributed by atoms with Crippen LogP contribution in [0.25, 0.3) is 128 Å². The first-order valence-electron chi connectivity index (χ1n) is 24.2. The Labute approximate surface area is 413 Å². The Balaban J connectivity index is 0.890. The average molecular weight is 904 g/mol. The van der Waals surface area contributed by atoms with E-state index in [-0.39, 0.29) is 0 Å². The molecule has 0 radical (unpaired) electrons.